The van der Waals surface area contributed by atoms with Gasteiger partial charge in [-0.05, 0) is 98.6 Å². The van der Waals surface area contributed by atoms with E-state index in [2.05, 4.69) is 21.3 Å². The van der Waals surface area contributed by atoms with E-state index < -0.39 is 6.04 Å². The van der Waals surface area contributed by atoms with Crippen molar-refractivity contribution < 1.29 is 14.4 Å². The monoisotopic (exact) mass is 488 g/mol. The van der Waals surface area contributed by atoms with Crippen LogP contribution in [0.5, 0.6) is 0 Å². The maximum atomic E-state index is 13.5. The molecule has 4 aliphatic carbocycles. The number of hydrogen-bond donors (Lipinski definition) is 4. The van der Waals surface area contributed by atoms with E-state index in [4.69, 9.17) is 0 Å². The van der Waals surface area contributed by atoms with Crippen molar-refractivity contribution in [2.24, 2.45) is 29.1 Å². The Bertz CT molecular complexity index is 1080. The van der Waals surface area contributed by atoms with Crippen LogP contribution in [0, 0.1) is 29.1 Å². The fraction of sp³-hybridized carbons (Fsp3) is 0.483. The van der Waals surface area contributed by atoms with Gasteiger partial charge in [-0.3, -0.25) is 9.59 Å². The van der Waals surface area contributed by atoms with Gasteiger partial charge >= 0.3 is 6.03 Å². The second-order valence-corrected chi connectivity index (χ2v) is 11.4. The molecule has 4 amide bonds. The topological polar surface area (TPSA) is 99.3 Å². The van der Waals surface area contributed by atoms with Crippen LogP contribution < -0.4 is 21.3 Å². The van der Waals surface area contributed by atoms with Gasteiger partial charge in [-0.25, -0.2) is 4.79 Å². The highest BCUT2D eigenvalue weighted by molar-refractivity contribution is 6.00. The first-order valence-corrected chi connectivity index (χ1v) is 13.1. The van der Waals surface area contributed by atoms with Crippen molar-refractivity contribution in [3.05, 3.63) is 54.6 Å². The highest BCUT2D eigenvalue weighted by atomic mass is 16.2. The van der Waals surface area contributed by atoms with Crippen LogP contribution >= 0.6 is 0 Å². The zero-order valence-corrected chi connectivity index (χ0v) is 21.1. The zero-order valence-electron chi connectivity index (χ0n) is 21.1. The Morgan fingerprint density at radius 2 is 1.19 bits per heavy atom. The number of hydrogen-bond acceptors (Lipinski definition) is 3. The van der Waals surface area contributed by atoms with Gasteiger partial charge in [0.05, 0.1) is 0 Å². The molecule has 4 aliphatic rings. The molecule has 0 heterocycles. The molecule has 0 aromatic heterocycles. The molecule has 1 atom stereocenters. The third-order valence-electron chi connectivity index (χ3n) is 8.20. The van der Waals surface area contributed by atoms with Crippen molar-refractivity contribution in [1.82, 2.24) is 5.32 Å². The summed E-state index contributed by atoms with van der Waals surface area (Å²) in [4.78, 5) is 38.9. The fourth-order valence-electron chi connectivity index (χ4n) is 6.89. The summed E-state index contributed by atoms with van der Waals surface area (Å²) < 4.78 is 0. The van der Waals surface area contributed by atoms with Gasteiger partial charge in [0.1, 0.15) is 6.04 Å². The van der Waals surface area contributed by atoms with Crippen LogP contribution in [0.15, 0.2) is 54.6 Å². The molecular weight excluding hydrogens is 452 g/mol. The number of carbonyl (C=O) groups is 3. The van der Waals surface area contributed by atoms with Gasteiger partial charge in [0.25, 0.3) is 0 Å². The van der Waals surface area contributed by atoms with Crippen LogP contribution in [-0.4, -0.2) is 23.9 Å². The van der Waals surface area contributed by atoms with Crippen molar-refractivity contribution in [2.45, 2.75) is 58.4 Å². The summed E-state index contributed by atoms with van der Waals surface area (Å²) in [5, 5.41) is 11.6. The van der Waals surface area contributed by atoms with E-state index in [0.717, 1.165) is 19.3 Å². The summed E-state index contributed by atoms with van der Waals surface area (Å²) >= 11 is 0. The summed E-state index contributed by atoms with van der Waals surface area (Å²) in [6.07, 6.45) is 6.76. The third-order valence-corrected chi connectivity index (χ3v) is 8.20. The van der Waals surface area contributed by atoms with E-state index in [0.29, 0.717) is 34.8 Å². The maximum Gasteiger partial charge on any atom is 0.323 e. The van der Waals surface area contributed by atoms with Crippen molar-refractivity contribution in [3.8, 4) is 0 Å². The zero-order chi connectivity index (χ0) is 25.3. The van der Waals surface area contributed by atoms with Gasteiger partial charge in [0.15, 0.2) is 0 Å². The Morgan fingerprint density at radius 3 is 1.69 bits per heavy atom. The first kappa shape index (κ1) is 24.3. The van der Waals surface area contributed by atoms with Gasteiger partial charge in [0.2, 0.25) is 11.8 Å². The summed E-state index contributed by atoms with van der Waals surface area (Å²) in [7, 11) is 0. The molecule has 4 fully saturated rings. The number of rotatable bonds is 7. The van der Waals surface area contributed by atoms with E-state index >= 15 is 0 Å². The highest BCUT2D eigenvalue weighted by Crippen LogP contribution is 2.60. The molecule has 7 nitrogen and oxygen atoms in total. The van der Waals surface area contributed by atoms with Crippen molar-refractivity contribution in [3.63, 3.8) is 0 Å². The lowest BCUT2D eigenvalue weighted by atomic mass is 9.49. The Labute approximate surface area is 212 Å². The maximum absolute atomic E-state index is 13.5. The lowest BCUT2D eigenvalue weighted by Gasteiger charge is -2.55. The molecular formula is C29H36N4O3. The van der Waals surface area contributed by atoms with E-state index in [-0.39, 0.29) is 29.2 Å². The smallest absolute Gasteiger partial charge is 0.323 e. The van der Waals surface area contributed by atoms with Gasteiger partial charge in [-0.1, -0.05) is 32.0 Å². The molecule has 0 spiro atoms. The number of benzene rings is 2. The number of urea groups is 1. The Hall–Kier alpha value is -3.35. The molecule has 7 heteroatoms. The summed E-state index contributed by atoms with van der Waals surface area (Å²) in [6, 6.07) is 15.2. The molecule has 0 saturated heterocycles. The van der Waals surface area contributed by atoms with Gasteiger partial charge < -0.3 is 21.3 Å². The largest absolute Gasteiger partial charge is 0.344 e. The molecule has 6 rings (SSSR count). The van der Waals surface area contributed by atoms with Crippen LogP contribution in [0.2, 0.25) is 0 Å². The number of para-hydroxylation sites is 1. The lowest BCUT2D eigenvalue weighted by molar-refractivity contribution is -0.148. The standard InChI is InChI=1S/C29H36N4O3/c1-18(2)25(33-27(35)29-15-19-12-20(16-29)14-21(13-19)17-29)26(34)30-23-8-10-24(11-9-23)32-28(36)31-22-6-4-3-5-7-22/h3-11,18-21,25H,12-17H2,1-2H3,(H,30,34)(H,33,35)(H2,31,32,36). The van der Waals surface area contributed by atoms with Crippen LogP contribution in [0.25, 0.3) is 0 Å². The van der Waals surface area contributed by atoms with Crippen molar-refractivity contribution >= 4 is 34.9 Å². The first-order chi connectivity index (χ1) is 17.3. The van der Waals surface area contributed by atoms with Crippen LogP contribution in [-0.2, 0) is 9.59 Å². The van der Waals surface area contributed by atoms with E-state index in [1.165, 1.54) is 19.3 Å². The fourth-order valence-corrected chi connectivity index (χ4v) is 6.89. The van der Waals surface area contributed by atoms with Gasteiger partial charge in [-0.15, -0.1) is 0 Å². The minimum Gasteiger partial charge on any atom is -0.344 e. The first-order valence-electron chi connectivity index (χ1n) is 13.1. The van der Waals surface area contributed by atoms with Crippen LogP contribution in [0.1, 0.15) is 52.4 Å². The van der Waals surface area contributed by atoms with Gasteiger partial charge in [-0.2, -0.15) is 0 Å². The Balaban J connectivity index is 1.18. The quantitative estimate of drug-likeness (QED) is 0.407. The van der Waals surface area contributed by atoms with Crippen molar-refractivity contribution in [1.29, 1.82) is 0 Å². The minimum absolute atomic E-state index is 0.0366. The number of amides is 4. The summed E-state index contributed by atoms with van der Waals surface area (Å²) in [5.74, 6) is 1.84. The summed E-state index contributed by atoms with van der Waals surface area (Å²) in [6.45, 7) is 3.92. The van der Waals surface area contributed by atoms with Gasteiger partial charge in [0, 0.05) is 22.5 Å². The van der Waals surface area contributed by atoms with Crippen LogP contribution in [0.3, 0.4) is 0 Å². The molecule has 4 saturated carbocycles. The van der Waals surface area contributed by atoms with Crippen molar-refractivity contribution in [2.75, 3.05) is 16.0 Å². The molecule has 0 radical (unpaired) electrons. The van der Waals surface area contributed by atoms with E-state index in [1.54, 1.807) is 24.3 Å². The molecule has 2 aromatic rings. The SMILES string of the molecule is CC(C)C(NC(=O)C12CC3CC(CC(C3)C1)C2)C(=O)Nc1ccc(NC(=O)Nc2ccccc2)cc1. The lowest BCUT2D eigenvalue weighted by Crippen LogP contribution is -2.57. The number of nitrogens with one attached hydrogen (secondary N) is 4. The second-order valence-electron chi connectivity index (χ2n) is 11.4. The number of carbonyl (C=O) groups excluding carboxylic acids is 3. The Kier molecular flexibility index (Phi) is 6.73. The predicted molar refractivity (Wildman–Crippen MR) is 142 cm³/mol. The minimum atomic E-state index is -0.597. The molecule has 190 valence electrons. The molecule has 1 unspecified atom stereocenters. The second kappa shape index (κ2) is 9.96. The van der Waals surface area contributed by atoms with Crippen LogP contribution in [0.4, 0.5) is 21.9 Å². The normalized spacial score (nSPS) is 26.8. The van der Waals surface area contributed by atoms with E-state index in [1.807, 2.05) is 44.2 Å². The molecule has 2 aromatic carbocycles. The summed E-state index contributed by atoms with van der Waals surface area (Å²) in [5.41, 5.74) is 1.64. The third kappa shape index (κ3) is 5.25. The number of anilines is 3. The molecule has 36 heavy (non-hydrogen) atoms. The highest BCUT2D eigenvalue weighted by Gasteiger charge is 2.55. The average molecular weight is 489 g/mol. The molecule has 4 N–H and O–H groups in total. The predicted octanol–water partition coefficient (Wildman–Crippen LogP) is 5.63. The Morgan fingerprint density at radius 1 is 0.722 bits per heavy atom. The average Bonchev–Trinajstić information content (AvgIpc) is 2.83. The molecule has 4 bridgehead atoms. The molecule has 0 aliphatic heterocycles. The van der Waals surface area contributed by atoms with E-state index in [9.17, 15) is 14.4 Å².